The lowest BCUT2D eigenvalue weighted by Crippen LogP contribution is -2.25. The first kappa shape index (κ1) is 16.7. The maximum Gasteiger partial charge on any atom is 0.251 e. The monoisotopic (exact) mass is 310 g/mol. The van der Waals surface area contributed by atoms with E-state index in [1.165, 1.54) is 5.56 Å². The zero-order valence-electron chi connectivity index (χ0n) is 13.3. The number of hydrogen-bond donors (Lipinski definition) is 2. The Morgan fingerprint density at radius 1 is 0.957 bits per heavy atom. The molecule has 0 heterocycles. The van der Waals surface area contributed by atoms with Crippen molar-refractivity contribution in [1.29, 1.82) is 0 Å². The Hall–Kier alpha value is -2.62. The first-order chi connectivity index (χ1) is 11.2. The number of hydrogen-bond acceptors (Lipinski definition) is 2. The third kappa shape index (κ3) is 5.58. The van der Waals surface area contributed by atoms with Crippen molar-refractivity contribution in [2.45, 2.75) is 26.2 Å². The van der Waals surface area contributed by atoms with Gasteiger partial charge in [-0.2, -0.15) is 0 Å². The highest BCUT2D eigenvalue weighted by molar-refractivity contribution is 5.94. The molecule has 2 rings (SSSR count). The van der Waals surface area contributed by atoms with E-state index in [1.807, 2.05) is 42.5 Å². The Morgan fingerprint density at radius 2 is 1.65 bits per heavy atom. The number of carbonyl (C=O) groups is 2. The predicted octanol–water partition coefficient (Wildman–Crippen LogP) is 3.40. The zero-order chi connectivity index (χ0) is 16.5. The molecule has 23 heavy (non-hydrogen) atoms. The Morgan fingerprint density at radius 3 is 2.30 bits per heavy atom. The van der Waals surface area contributed by atoms with Gasteiger partial charge in [0.05, 0.1) is 0 Å². The van der Waals surface area contributed by atoms with Crippen LogP contribution < -0.4 is 10.6 Å². The van der Waals surface area contributed by atoms with E-state index in [-0.39, 0.29) is 11.8 Å². The van der Waals surface area contributed by atoms with Crippen LogP contribution in [0.5, 0.6) is 0 Å². The van der Waals surface area contributed by atoms with E-state index in [2.05, 4.69) is 17.6 Å². The summed E-state index contributed by atoms with van der Waals surface area (Å²) in [6, 6.07) is 16.9. The van der Waals surface area contributed by atoms with Gasteiger partial charge in [0.15, 0.2) is 0 Å². The molecule has 0 aromatic heterocycles. The minimum atomic E-state index is -0.110. The molecule has 4 nitrogen and oxygen atoms in total. The molecule has 120 valence electrons. The third-order valence-corrected chi connectivity index (χ3v) is 3.55. The van der Waals surface area contributed by atoms with Gasteiger partial charge in [-0.05, 0) is 42.7 Å². The van der Waals surface area contributed by atoms with Crippen LogP contribution in [0.4, 0.5) is 5.69 Å². The average Bonchev–Trinajstić information content (AvgIpc) is 2.60. The molecule has 0 aliphatic carbocycles. The van der Waals surface area contributed by atoms with Crippen molar-refractivity contribution < 1.29 is 9.59 Å². The lowest BCUT2D eigenvalue weighted by atomic mass is 10.1. The van der Waals surface area contributed by atoms with Gasteiger partial charge in [-0.25, -0.2) is 0 Å². The van der Waals surface area contributed by atoms with Crippen LogP contribution in [0, 0.1) is 0 Å². The molecule has 0 saturated heterocycles. The number of nitrogens with one attached hydrogen (secondary N) is 2. The summed E-state index contributed by atoms with van der Waals surface area (Å²) in [5.74, 6) is -0.149. The van der Waals surface area contributed by atoms with Crippen molar-refractivity contribution in [3.63, 3.8) is 0 Å². The number of amides is 2. The maximum atomic E-state index is 11.9. The van der Waals surface area contributed by atoms with Crippen LogP contribution in [0.1, 0.15) is 35.7 Å². The summed E-state index contributed by atoms with van der Waals surface area (Å²) in [6.07, 6.45) is 1.97. The Balaban J connectivity index is 1.67. The lowest BCUT2D eigenvalue weighted by Gasteiger charge is -2.07. The van der Waals surface area contributed by atoms with Crippen molar-refractivity contribution in [2.24, 2.45) is 0 Å². The number of aryl methyl sites for hydroxylation is 1. The Kier molecular flexibility index (Phi) is 6.36. The van der Waals surface area contributed by atoms with Gasteiger partial charge in [-0.15, -0.1) is 0 Å². The van der Waals surface area contributed by atoms with Gasteiger partial charge in [-0.3, -0.25) is 9.59 Å². The fraction of sp³-hybridized carbons (Fsp3) is 0.263. The predicted molar refractivity (Wildman–Crippen MR) is 92.5 cm³/mol. The fourth-order valence-corrected chi connectivity index (χ4v) is 2.19. The van der Waals surface area contributed by atoms with Crippen LogP contribution in [0.15, 0.2) is 54.6 Å². The summed E-state index contributed by atoms with van der Waals surface area (Å²) in [5, 5.41) is 5.68. The van der Waals surface area contributed by atoms with Gasteiger partial charge < -0.3 is 10.6 Å². The number of rotatable bonds is 7. The zero-order valence-corrected chi connectivity index (χ0v) is 13.3. The molecule has 4 heteroatoms. The highest BCUT2D eigenvalue weighted by atomic mass is 16.2. The molecule has 0 aliphatic heterocycles. The SMILES string of the molecule is CCc1ccc(NC(=O)CCCNC(=O)c2ccccc2)cc1. The van der Waals surface area contributed by atoms with Crippen LogP contribution in [0.2, 0.25) is 0 Å². The summed E-state index contributed by atoms with van der Waals surface area (Å²) in [5.41, 5.74) is 2.68. The van der Waals surface area contributed by atoms with Crippen LogP contribution in [-0.2, 0) is 11.2 Å². The number of carbonyl (C=O) groups excluding carboxylic acids is 2. The second-order valence-corrected chi connectivity index (χ2v) is 5.32. The topological polar surface area (TPSA) is 58.2 Å². The molecule has 0 unspecified atom stereocenters. The molecule has 0 bridgehead atoms. The van der Waals surface area contributed by atoms with Crippen LogP contribution >= 0.6 is 0 Å². The van der Waals surface area contributed by atoms with E-state index in [1.54, 1.807) is 12.1 Å². The Labute approximate surface area is 136 Å². The van der Waals surface area contributed by atoms with Gasteiger partial charge in [-0.1, -0.05) is 37.3 Å². The average molecular weight is 310 g/mol. The molecular formula is C19H22N2O2. The molecular weight excluding hydrogens is 288 g/mol. The molecule has 0 aliphatic rings. The van der Waals surface area contributed by atoms with E-state index in [0.29, 0.717) is 24.9 Å². The summed E-state index contributed by atoms with van der Waals surface area (Å²) in [6.45, 7) is 2.58. The normalized spacial score (nSPS) is 10.1. The van der Waals surface area contributed by atoms with Crippen molar-refractivity contribution in [3.05, 3.63) is 65.7 Å². The summed E-state index contributed by atoms with van der Waals surface area (Å²) >= 11 is 0. The number of anilines is 1. The fourth-order valence-electron chi connectivity index (χ4n) is 2.19. The lowest BCUT2D eigenvalue weighted by molar-refractivity contribution is -0.116. The number of benzene rings is 2. The van der Waals surface area contributed by atoms with E-state index in [0.717, 1.165) is 12.1 Å². The maximum absolute atomic E-state index is 11.9. The highest BCUT2D eigenvalue weighted by Gasteiger charge is 2.05. The molecule has 0 atom stereocenters. The van der Waals surface area contributed by atoms with Crippen molar-refractivity contribution in [3.8, 4) is 0 Å². The minimum absolute atomic E-state index is 0.0387. The quantitative estimate of drug-likeness (QED) is 0.770. The Bertz CT molecular complexity index is 636. The molecule has 0 saturated carbocycles. The summed E-state index contributed by atoms with van der Waals surface area (Å²) in [7, 11) is 0. The van der Waals surface area contributed by atoms with Crippen LogP contribution in [-0.4, -0.2) is 18.4 Å². The third-order valence-electron chi connectivity index (χ3n) is 3.55. The van der Waals surface area contributed by atoms with Crippen molar-refractivity contribution in [1.82, 2.24) is 5.32 Å². The molecule has 2 aromatic carbocycles. The molecule has 2 amide bonds. The van der Waals surface area contributed by atoms with E-state index >= 15 is 0 Å². The first-order valence-electron chi connectivity index (χ1n) is 7.91. The van der Waals surface area contributed by atoms with Gasteiger partial charge in [0.2, 0.25) is 5.91 Å². The van der Waals surface area contributed by atoms with E-state index in [9.17, 15) is 9.59 Å². The van der Waals surface area contributed by atoms with Gasteiger partial charge in [0.25, 0.3) is 5.91 Å². The highest BCUT2D eigenvalue weighted by Crippen LogP contribution is 2.10. The summed E-state index contributed by atoms with van der Waals surface area (Å²) < 4.78 is 0. The van der Waals surface area contributed by atoms with Gasteiger partial charge in [0, 0.05) is 24.2 Å². The second-order valence-electron chi connectivity index (χ2n) is 5.32. The van der Waals surface area contributed by atoms with Crippen LogP contribution in [0.25, 0.3) is 0 Å². The standard InChI is InChI=1S/C19H22N2O2/c1-2-15-10-12-17(13-11-15)21-18(22)9-6-14-20-19(23)16-7-4-3-5-8-16/h3-5,7-8,10-13H,2,6,9,14H2,1H3,(H,20,23)(H,21,22). The van der Waals surface area contributed by atoms with Crippen molar-refractivity contribution >= 4 is 17.5 Å². The summed E-state index contributed by atoms with van der Waals surface area (Å²) in [4.78, 5) is 23.7. The smallest absolute Gasteiger partial charge is 0.251 e. The molecule has 0 radical (unpaired) electrons. The molecule has 0 spiro atoms. The first-order valence-corrected chi connectivity index (χ1v) is 7.91. The van der Waals surface area contributed by atoms with E-state index < -0.39 is 0 Å². The molecule has 2 N–H and O–H groups in total. The minimum Gasteiger partial charge on any atom is -0.352 e. The van der Waals surface area contributed by atoms with Crippen molar-refractivity contribution in [2.75, 3.05) is 11.9 Å². The van der Waals surface area contributed by atoms with Gasteiger partial charge in [0.1, 0.15) is 0 Å². The largest absolute Gasteiger partial charge is 0.352 e. The van der Waals surface area contributed by atoms with E-state index in [4.69, 9.17) is 0 Å². The second kappa shape index (κ2) is 8.73. The molecule has 2 aromatic rings. The van der Waals surface area contributed by atoms with Crippen LogP contribution in [0.3, 0.4) is 0 Å². The molecule has 0 fully saturated rings. The van der Waals surface area contributed by atoms with Gasteiger partial charge >= 0.3 is 0 Å².